The van der Waals surface area contributed by atoms with Crippen LogP contribution in [0.15, 0.2) is 29.3 Å². The molecular weight excluding hydrogens is 475 g/mol. The summed E-state index contributed by atoms with van der Waals surface area (Å²) in [5, 5.41) is 6.88. The van der Waals surface area contributed by atoms with E-state index in [9.17, 15) is 0 Å². The fraction of sp³-hybridized carbons (Fsp3) is 0.682. The predicted molar refractivity (Wildman–Crippen MR) is 133 cm³/mol. The van der Waals surface area contributed by atoms with Gasteiger partial charge in [-0.2, -0.15) is 0 Å². The number of rotatable bonds is 7. The molecule has 0 aliphatic carbocycles. The standard InChI is InChI=1S/C22H38N6.HI/c1-23-22(24-10-13-27-11-4-3-5-12-27)25-18-20-6-8-21(9-7-20)19-28-16-14-26(2)15-17-28;/h6-9H,3-5,10-19H2,1-2H3,(H2,23,24,25);1H. The molecule has 0 bridgehead atoms. The van der Waals surface area contributed by atoms with Crippen LogP contribution >= 0.6 is 24.0 Å². The molecule has 0 aromatic heterocycles. The fourth-order valence-electron chi connectivity index (χ4n) is 3.95. The first-order valence-electron chi connectivity index (χ1n) is 10.9. The number of nitrogens with one attached hydrogen (secondary N) is 2. The molecule has 0 atom stereocenters. The number of piperidine rings is 1. The summed E-state index contributed by atoms with van der Waals surface area (Å²) in [5.41, 5.74) is 2.69. The zero-order chi connectivity index (χ0) is 19.6. The summed E-state index contributed by atoms with van der Waals surface area (Å²) in [6.07, 6.45) is 4.08. The second-order valence-corrected chi connectivity index (χ2v) is 8.15. The van der Waals surface area contributed by atoms with Crippen LogP contribution < -0.4 is 10.6 Å². The van der Waals surface area contributed by atoms with Crippen LogP contribution in [0.2, 0.25) is 0 Å². The van der Waals surface area contributed by atoms with Gasteiger partial charge in [-0.1, -0.05) is 30.7 Å². The Labute approximate surface area is 194 Å². The van der Waals surface area contributed by atoms with E-state index in [0.29, 0.717) is 0 Å². The van der Waals surface area contributed by atoms with Crippen LogP contribution in [0, 0.1) is 0 Å². The van der Waals surface area contributed by atoms with Crippen molar-refractivity contribution in [3.8, 4) is 0 Å². The Morgan fingerprint density at radius 1 is 0.862 bits per heavy atom. The summed E-state index contributed by atoms with van der Waals surface area (Å²) in [6.45, 7) is 11.1. The number of hydrogen-bond acceptors (Lipinski definition) is 4. The van der Waals surface area contributed by atoms with Crippen LogP contribution in [0.4, 0.5) is 0 Å². The van der Waals surface area contributed by atoms with Crippen molar-refractivity contribution in [1.82, 2.24) is 25.3 Å². The van der Waals surface area contributed by atoms with Crippen LogP contribution in [0.3, 0.4) is 0 Å². The monoisotopic (exact) mass is 514 g/mol. The maximum absolute atomic E-state index is 4.35. The van der Waals surface area contributed by atoms with Gasteiger partial charge in [0.15, 0.2) is 5.96 Å². The lowest BCUT2D eigenvalue weighted by molar-refractivity contribution is 0.148. The summed E-state index contributed by atoms with van der Waals surface area (Å²) in [4.78, 5) is 11.8. The van der Waals surface area contributed by atoms with Crippen molar-refractivity contribution in [2.45, 2.75) is 32.4 Å². The lowest BCUT2D eigenvalue weighted by Crippen LogP contribution is -2.43. The molecule has 7 heteroatoms. The number of aliphatic imine (C=N–C) groups is 1. The third kappa shape index (κ3) is 8.78. The first-order valence-corrected chi connectivity index (χ1v) is 10.9. The lowest BCUT2D eigenvalue weighted by Gasteiger charge is -2.32. The van der Waals surface area contributed by atoms with Gasteiger partial charge in [0.2, 0.25) is 0 Å². The number of likely N-dealkylation sites (N-methyl/N-ethyl adjacent to an activating group) is 1. The minimum atomic E-state index is 0. The third-order valence-corrected chi connectivity index (χ3v) is 5.88. The van der Waals surface area contributed by atoms with Gasteiger partial charge >= 0.3 is 0 Å². The largest absolute Gasteiger partial charge is 0.355 e. The van der Waals surface area contributed by atoms with Crippen LogP contribution in [-0.2, 0) is 13.1 Å². The first-order chi connectivity index (χ1) is 13.7. The molecule has 1 aromatic rings. The van der Waals surface area contributed by atoms with Crippen LogP contribution in [0.25, 0.3) is 0 Å². The Balaban J connectivity index is 0.00000300. The molecule has 0 radical (unpaired) electrons. The van der Waals surface area contributed by atoms with E-state index in [2.05, 4.69) is 61.6 Å². The zero-order valence-corrected chi connectivity index (χ0v) is 20.5. The molecule has 2 aliphatic heterocycles. The minimum Gasteiger partial charge on any atom is -0.355 e. The highest BCUT2D eigenvalue weighted by Gasteiger charge is 2.13. The van der Waals surface area contributed by atoms with Crippen molar-refractivity contribution in [1.29, 1.82) is 0 Å². The quantitative estimate of drug-likeness (QED) is 0.332. The summed E-state index contributed by atoms with van der Waals surface area (Å²) in [6, 6.07) is 9.00. The molecule has 0 unspecified atom stereocenters. The molecule has 2 N–H and O–H groups in total. The average molecular weight is 515 g/mol. The number of benzene rings is 1. The Bertz CT molecular complexity index is 592. The molecule has 0 amide bonds. The van der Waals surface area contributed by atoms with Crippen molar-refractivity contribution in [3.05, 3.63) is 35.4 Å². The van der Waals surface area contributed by atoms with E-state index in [1.807, 2.05) is 7.05 Å². The van der Waals surface area contributed by atoms with E-state index >= 15 is 0 Å². The summed E-state index contributed by atoms with van der Waals surface area (Å²) in [7, 11) is 4.05. The minimum absolute atomic E-state index is 0. The zero-order valence-electron chi connectivity index (χ0n) is 18.2. The highest BCUT2D eigenvalue weighted by atomic mass is 127. The van der Waals surface area contributed by atoms with E-state index in [0.717, 1.165) is 32.1 Å². The number of likely N-dealkylation sites (tertiary alicyclic amines) is 1. The van der Waals surface area contributed by atoms with Gasteiger partial charge in [0.05, 0.1) is 0 Å². The van der Waals surface area contributed by atoms with Crippen LogP contribution in [-0.4, -0.2) is 87.1 Å². The van der Waals surface area contributed by atoms with E-state index < -0.39 is 0 Å². The molecule has 2 saturated heterocycles. The smallest absolute Gasteiger partial charge is 0.191 e. The highest BCUT2D eigenvalue weighted by Crippen LogP contribution is 2.10. The molecule has 29 heavy (non-hydrogen) atoms. The predicted octanol–water partition coefficient (Wildman–Crippen LogP) is 2.20. The Kier molecular flexibility index (Phi) is 11.3. The van der Waals surface area contributed by atoms with Gasteiger partial charge in [-0.25, -0.2) is 0 Å². The lowest BCUT2D eigenvalue weighted by atomic mass is 10.1. The van der Waals surface area contributed by atoms with Gasteiger partial charge in [-0.05, 0) is 44.1 Å². The summed E-state index contributed by atoms with van der Waals surface area (Å²) < 4.78 is 0. The van der Waals surface area contributed by atoms with Gasteiger partial charge in [-0.15, -0.1) is 24.0 Å². The Morgan fingerprint density at radius 2 is 1.52 bits per heavy atom. The van der Waals surface area contributed by atoms with E-state index in [1.165, 1.54) is 69.7 Å². The molecular formula is C22H39IN6. The van der Waals surface area contributed by atoms with Crippen molar-refractivity contribution in [3.63, 3.8) is 0 Å². The van der Waals surface area contributed by atoms with Gasteiger partial charge < -0.3 is 20.4 Å². The Morgan fingerprint density at radius 3 is 2.17 bits per heavy atom. The van der Waals surface area contributed by atoms with Crippen LogP contribution in [0.5, 0.6) is 0 Å². The van der Waals surface area contributed by atoms with Crippen LogP contribution in [0.1, 0.15) is 30.4 Å². The van der Waals surface area contributed by atoms with E-state index in [4.69, 9.17) is 0 Å². The molecule has 6 nitrogen and oxygen atoms in total. The molecule has 0 saturated carbocycles. The van der Waals surface area contributed by atoms with Gasteiger partial charge in [0.1, 0.15) is 0 Å². The second-order valence-electron chi connectivity index (χ2n) is 8.15. The van der Waals surface area contributed by atoms with Crippen molar-refractivity contribution >= 4 is 29.9 Å². The normalized spacial score (nSPS) is 19.6. The number of piperazine rings is 1. The number of guanidine groups is 1. The van der Waals surface area contributed by atoms with Crippen molar-refractivity contribution < 1.29 is 0 Å². The van der Waals surface area contributed by atoms with Gasteiger partial charge in [-0.3, -0.25) is 9.89 Å². The molecule has 0 spiro atoms. The molecule has 2 fully saturated rings. The average Bonchev–Trinajstić information content (AvgIpc) is 2.74. The molecule has 164 valence electrons. The van der Waals surface area contributed by atoms with Gasteiger partial charge in [0.25, 0.3) is 0 Å². The van der Waals surface area contributed by atoms with Crippen molar-refractivity contribution in [2.24, 2.45) is 4.99 Å². The van der Waals surface area contributed by atoms with E-state index in [-0.39, 0.29) is 24.0 Å². The number of nitrogens with zero attached hydrogens (tertiary/aromatic N) is 4. The topological polar surface area (TPSA) is 46.1 Å². The number of hydrogen-bond donors (Lipinski definition) is 2. The summed E-state index contributed by atoms with van der Waals surface area (Å²) >= 11 is 0. The first kappa shape index (κ1) is 24.4. The summed E-state index contributed by atoms with van der Waals surface area (Å²) in [5.74, 6) is 0.888. The maximum Gasteiger partial charge on any atom is 0.191 e. The second kappa shape index (κ2) is 13.4. The SMILES string of the molecule is CN=C(NCCN1CCCCC1)NCc1ccc(CN2CCN(C)CC2)cc1.I. The van der Waals surface area contributed by atoms with E-state index in [1.54, 1.807) is 0 Å². The van der Waals surface area contributed by atoms with Crippen molar-refractivity contribution in [2.75, 3.05) is 66.5 Å². The fourth-order valence-corrected chi connectivity index (χ4v) is 3.95. The highest BCUT2D eigenvalue weighted by molar-refractivity contribution is 14.0. The Hall–Kier alpha value is -0.900. The third-order valence-electron chi connectivity index (χ3n) is 5.88. The maximum atomic E-state index is 4.35. The molecule has 3 rings (SSSR count). The van der Waals surface area contributed by atoms with Gasteiger partial charge in [0, 0.05) is 59.4 Å². The number of halogens is 1. The molecule has 2 heterocycles. The molecule has 1 aromatic carbocycles. The molecule has 2 aliphatic rings.